The minimum absolute atomic E-state index is 0.0181. The first kappa shape index (κ1) is 83.2. The Kier molecular flexibility index (Phi) is 29.6. The number of carbonyl (C=O) groups is 10. The Morgan fingerprint density at radius 2 is 1.44 bits per heavy atom. The van der Waals surface area contributed by atoms with E-state index >= 15 is 8.78 Å². The number of ether oxygens (including phenoxy) is 8. The topological polar surface area (TPSA) is 378 Å². The minimum Gasteiger partial charge on any atom is -0.445 e. The third-order valence-corrected chi connectivity index (χ3v) is 21.2. The van der Waals surface area contributed by atoms with Crippen molar-refractivity contribution in [2.24, 2.45) is 34.3 Å². The van der Waals surface area contributed by atoms with Gasteiger partial charge in [0.2, 0.25) is 35.4 Å². The number of benzene rings is 3. The maximum absolute atomic E-state index is 17.9. The Hall–Kier alpha value is -8.88. The average molecular weight is 1510 g/mol. The fourth-order valence-electron chi connectivity index (χ4n) is 15.7. The highest BCUT2D eigenvalue weighted by Crippen LogP contribution is 2.72. The Morgan fingerprint density at radius 1 is 0.750 bits per heavy atom. The molecule has 30 heteroatoms. The number of aliphatic hydroxyl groups is 1. The van der Waals surface area contributed by atoms with Crippen LogP contribution in [0.1, 0.15) is 128 Å². The molecule has 3 aromatic carbocycles. The van der Waals surface area contributed by atoms with Crippen LogP contribution >= 0.6 is 0 Å². The number of alkyl halides is 2. The van der Waals surface area contributed by atoms with Crippen LogP contribution in [0.4, 0.5) is 29.7 Å². The number of para-hydroxylation sites is 1. The molecule has 0 aromatic heterocycles. The predicted molar refractivity (Wildman–Crippen MR) is 392 cm³/mol. The van der Waals surface area contributed by atoms with Gasteiger partial charge in [-0.05, 0) is 134 Å². The first-order valence-corrected chi connectivity index (χ1v) is 37.1. The number of amides is 9. The molecule has 9 amide bonds. The van der Waals surface area contributed by atoms with Gasteiger partial charge in [-0.3, -0.25) is 38.4 Å². The highest BCUT2D eigenvalue weighted by Gasteiger charge is 2.80. The van der Waals surface area contributed by atoms with E-state index in [1.54, 1.807) is 37.8 Å². The zero-order valence-corrected chi connectivity index (χ0v) is 62.2. The molecule has 12 atom stereocenters. The smallest absolute Gasteiger partial charge is 0.407 e. The van der Waals surface area contributed by atoms with Crippen LogP contribution in [0.15, 0.2) is 96.6 Å². The lowest BCUT2D eigenvalue weighted by Crippen LogP contribution is -2.71. The molecule has 0 radical (unpaired) electrons. The minimum atomic E-state index is -2.38. The van der Waals surface area contributed by atoms with Crippen molar-refractivity contribution in [3.63, 3.8) is 0 Å². The number of carbonyl (C=O) groups excluding carboxylic acids is 10. The van der Waals surface area contributed by atoms with E-state index in [1.165, 1.54) is 31.2 Å². The number of primary amides is 1. The number of Topliss-reactive ketones (excluding diaryl/α,β-unsaturated/α-hetero) is 1. The standard InChI is InChI=1S/C78H103F2N9O19/c1-7-13-69-107-64-41-56-57-40-59(79)58-39-54(90)25-27-75(58,5)77(57,80)62(91)42-76(56,6)78(64,108-69)63(92)46-105-47-85-67(95)43-84-74(100)106-45-50-19-21-53(22-20-50)86-71(97)60(17-12-28-83-73(81)99)87-72(98)70(48(2)3)88-66(94)26-30-101-32-34-103-36-37-104-35-33-102-31-29-82-65(93)23-24-68(96)89-44-52-15-8-10-16-55(52)49(4)38-51-14-9-11-18-61(51)89/h8-11,14-16,18-22,25,27,38-39,48,56-57,59-60,62,64,69-70,91H,7,12-13,17,23-24,26,28-37,40-47H2,1-6H3,(H,82,93)(H,84,100)(H,85,95)(H,86,97)(H,87,98)(H,88,94)(H3,81,83,99)/b49-38-/t56-,57-,59-,60-,62-,64+,69?,70-,75-,76-,77-,78+/m0/s1. The van der Waals surface area contributed by atoms with Gasteiger partial charge in [0.25, 0.3) is 0 Å². The number of rotatable bonds is 39. The third-order valence-electron chi connectivity index (χ3n) is 21.2. The molecule has 2 heterocycles. The summed E-state index contributed by atoms with van der Waals surface area (Å²) in [5.74, 6) is -5.97. The Morgan fingerprint density at radius 3 is 2.16 bits per heavy atom. The number of hydrogen-bond acceptors (Lipinski definition) is 19. The van der Waals surface area contributed by atoms with Crippen LogP contribution in [0.25, 0.3) is 11.6 Å². The molecular weight excluding hydrogens is 1400 g/mol. The van der Waals surface area contributed by atoms with Crippen molar-refractivity contribution >= 4 is 82.2 Å². The number of allylic oxidation sites excluding steroid dienone is 5. The van der Waals surface area contributed by atoms with Gasteiger partial charge in [0.1, 0.15) is 44.7 Å². The van der Waals surface area contributed by atoms with Gasteiger partial charge in [0, 0.05) is 54.8 Å². The largest absolute Gasteiger partial charge is 0.445 e. The maximum atomic E-state index is 17.9. The number of nitrogens with two attached hydrogens (primary N) is 1. The molecule has 108 heavy (non-hydrogen) atoms. The highest BCUT2D eigenvalue weighted by atomic mass is 19.1. The summed E-state index contributed by atoms with van der Waals surface area (Å²) in [7, 11) is 0. The second kappa shape index (κ2) is 38.5. The molecule has 3 saturated carbocycles. The number of aliphatic hydroxyl groups excluding tert-OH is 1. The molecule has 28 nitrogen and oxygen atoms in total. The molecule has 9 rings (SSSR count). The van der Waals surface area contributed by atoms with Crippen molar-refractivity contribution in [1.82, 2.24) is 31.9 Å². The van der Waals surface area contributed by atoms with Gasteiger partial charge in [-0.15, -0.1) is 0 Å². The van der Waals surface area contributed by atoms with E-state index in [1.807, 2.05) is 49.4 Å². The molecule has 0 bridgehead atoms. The van der Waals surface area contributed by atoms with Crippen LogP contribution in [0.2, 0.25) is 0 Å². The van der Waals surface area contributed by atoms with E-state index in [9.17, 15) is 53.1 Å². The van der Waals surface area contributed by atoms with Gasteiger partial charge >= 0.3 is 12.1 Å². The second-order valence-electron chi connectivity index (χ2n) is 28.8. The lowest BCUT2D eigenvalue weighted by molar-refractivity contribution is -0.235. The summed E-state index contributed by atoms with van der Waals surface area (Å²) in [4.78, 5) is 132. The van der Waals surface area contributed by atoms with E-state index in [0.29, 0.717) is 50.5 Å². The summed E-state index contributed by atoms with van der Waals surface area (Å²) in [5, 5.41) is 30.2. The van der Waals surface area contributed by atoms with Crippen LogP contribution in [0.3, 0.4) is 0 Å². The number of ketones is 2. The van der Waals surface area contributed by atoms with Crippen LogP contribution in [0.5, 0.6) is 0 Å². The van der Waals surface area contributed by atoms with Crippen molar-refractivity contribution in [1.29, 1.82) is 0 Å². The lowest BCUT2D eigenvalue weighted by atomic mass is 9.44. The third kappa shape index (κ3) is 20.1. The molecule has 4 aliphatic carbocycles. The second-order valence-corrected chi connectivity index (χ2v) is 28.8. The van der Waals surface area contributed by atoms with E-state index in [0.717, 1.165) is 34.0 Å². The fourth-order valence-corrected chi connectivity index (χ4v) is 15.7. The number of hydrogen-bond donors (Lipinski definition) is 9. The van der Waals surface area contributed by atoms with Gasteiger partial charge in [0.05, 0.1) is 77.3 Å². The van der Waals surface area contributed by atoms with Crippen LogP contribution in [-0.4, -0.2) is 198 Å². The van der Waals surface area contributed by atoms with E-state index in [4.69, 9.17) is 43.6 Å². The number of fused-ring (bicyclic) bond motifs is 9. The van der Waals surface area contributed by atoms with Crippen LogP contribution in [0, 0.1) is 28.6 Å². The Bertz CT molecular complexity index is 3800. The Labute approximate surface area is 627 Å². The summed E-state index contributed by atoms with van der Waals surface area (Å²) >= 11 is 0. The zero-order chi connectivity index (χ0) is 77.8. The molecule has 4 fully saturated rings. The zero-order valence-electron chi connectivity index (χ0n) is 62.2. The number of halogens is 2. The molecule has 1 saturated heterocycles. The Balaban J connectivity index is 0.618. The lowest BCUT2D eigenvalue weighted by Gasteiger charge is -2.63. The molecule has 588 valence electrons. The van der Waals surface area contributed by atoms with Crippen molar-refractivity contribution < 1.29 is 99.7 Å². The summed E-state index contributed by atoms with van der Waals surface area (Å²) in [6.45, 7) is 11.5. The first-order valence-electron chi connectivity index (χ1n) is 37.1. The normalized spacial score (nSPS) is 25.4. The maximum Gasteiger partial charge on any atom is 0.407 e. The van der Waals surface area contributed by atoms with Crippen molar-refractivity contribution in [2.45, 2.75) is 167 Å². The number of anilines is 2. The molecular formula is C78H103F2N9O19. The van der Waals surface area contributed by atoms with Gasteiger partial charge in [-0.25, -0.2) is 18.4 Å². The number of alkyl carbamates (subject to hydrolysis) is 1. The fraction of sp³-hybridized carbons (Fsp3) is 0.564. The molecule has 0 spiro atoms. The van der Waals surface area contributed by atoms with Crippen LogP contribution < -0.4 is 47.9 Å². The molecule has 3 aromatic rings. The first-order chi connectivity index (χ1) is 51.7. The summed E-state index contributed by atoms with van der Waals surface area (Å²) < 4.78 is 80.1. The van der Waals surface area contributed by atoms with E-state index < -0.39 is 144 Å². The number of nitrogens with zero attached hydrogens (tertiary/aromatic N) is 1. The molecule has 6 aliphatic rings. The molecule has 2 aliphatic heterocycles. The monoisotopic (exact) mass is 1510 g/mol. The van der Waals surface area contributed by atoms with Crippen molar-refractivity contribution in [2.75, 3.05) is 96.0 Å². The SMILES string of the molecule is CCCC1O[C@@H]2C[C@H]3[C@@H]4C[C@H](F)C5=CC(=O)C=C[C@]5(C)[C@@]4(F)[C@@H](O)C[C@]3(C)[C@]2(C(=O)COCNC(=O)CNC(=O)OCc2ccc(NC(=O)[C@H](CCCNC(N)=O)NC(=O)[C@@H](NC(=O)CCOCCOCCOCCOCCNC(=O)CCC(=O)N3Cc4ccccc4/C(C)=C\c4ccccc43)C(C)C)cc2)O1. The predicted octanol–water partition coefficient (Wildman–Crippen LogP) is 6.25. The highest BCUT2D eigenvalue weighted by molar-refractivity contribution is 6.02. The van der Waals surface area contributed by atoms with Gasteiger partial charge in [-0.2, -0.15) is 0 Å². The molecule has 1 unspecified atom stereocenters. The number of nitrogens with one attached hydrogen (secondary N) is 7. The summed E-state index contributed by atoms with van der Waals surface area (Å²) in [6, 6.07) is 19.0. The van der Waals surface area contributed by atoms with Crippen molar-refractivity contribution in [3.05, 3.63) is 119 Å². The van der Waals surface area contributed by atoms with E-state index in [-0.39, 0.29) is 121 Å². The van der Waals surface area contributed by atoms with Gasteiger partial charge in [-0.1, -0.05) is 94.8 Å². The van der Waals surface area contributed by atoms with E-state index in [2.05, 4.69) is 56.3 Å². The summed E-state index contributed by atoms with van der Waals surface area (Å²) in [6.07, 6.45) is 0.775. The van der Waals surface area contributed by atoms with Gasteiger partial charge in [0.15, 0.2) is 29.1 Å². The van der Waals surface area contributed by atoms with Crippen LogP contribution in [-0.2, 0) is 89.4 Å². The molecule has 10 N–H and O–H groups in total. The summed E-state index contributed by atoms with van der Waals surface area (Å²) in [5.41, 5.74) is 4.05. The van der Waals surface area contributed by atoms with Gasteiger partial charge < -0.3 is 90.9 Å². The van der Waals surface area contributed by atoms with Crippen molar-refractivity contribution in [3.8, 4) is 0 Å². The number of urea groups is 1. The quantitative estimate of drug-likeness (QED) is 0.0225. The average Bonchev–Trinajstić information content (AvgIpc) is 1.47.